The number of aryl methyl sites for hydroxylation is 1. The van der Waals surface area contributed by atoms with E-state index >= 15 is 0 Å². The molecule has 0 aliphatic heterocycles. The largest absolute Gasteiger partial charge is 0.453 e. The Labute approximate surface area is 202 Å². The number of aromatic nitrogens is 2. The molecule has 35 heavy (non-hydrogen) atoms. The van der Waals surface area contributed by atoms with Crippen LogP contribution in [0.25, 0.3) is 5.69 Å². The van der Waals surface area contributed by atoms with E-state index in [0.717, 1.165) is 16.7 Å². The molecule has 0 bridgehead atoms. The quantitative estimate of drug-likeness (QED) is 0.361. The lowest BCUT2D eigenvalue weighted by Crippen LogP contribution is -2.25. The number of halogens is 1. The van der Waals surface area contributed by atoms with Gasteiger partial charge in [0.15, 0.2) is 11.4 Å². The molecule has 1 amide bonds. The Morgan fingerprint density at radius 1 is 1.06 bits per heavy atom. The topological polar surface area (TPSA) is 85.2 Å². The highest BCUT2D eigenvalue weighted by Gasteiger charge is 2.16. The summed E-state index contributed by atoms with van der Waals surface area (Å²) in [5.74, 6) is 0.118. The van der Waals surface area contributed by atoms with Gasteiger partial charge >= 0.3 is 0 Å². The molecule has 2 N–H and O–H groups in total. The fourth-order valence-corrected chi connectivity index (χ4v) is 3.35. The molecular weight excluding hydrogens is 447 g/mol. The molecule has 1 aromatic heterocycles. The van der Waals surface area contributed by atoms with Crippen molar-refractivity contribution in [1.29, 1.82) is 0 Å². The Morgan fingerprint density at radius 3 is 2.51 bits per heavy atom. The van der Waals surface area contributed by atoms with Crippen molar-refractivity contribution in [3.05, 3.63) is 106 Å². The van der Waals surface area contributed by atoms with E-state index in [1.165, 1.54) is 30.5 Å². The molecule has 1 heterocycles. The number of nitrogens with zero attached hydrogens (tertiary/aromatic N) is 2. The zero-order valence-electron chi connectivity index (χ0n) is 19.4. The molecule has 0 aliphatic rings. The molecule has 0 unspecified atom stereocenters. The van der Waals surface area contributed by atoms with Crippen LogP contribution in [0.15, 0.2) is 83.8 Å². The number of hydrogen-bond acceptors (Lipinski definition) is 5. The van der Waals surface area contributed by atoms with E-state index in [-0.39, 0.29) is 17.3 Å². The number of amides is 1. The zero-order chi connectivity index (χ0) is 24.8. The highest BCUT2D eigenvalue weighted by molar-refractivity contribution is 5.95. The van der Waals surface area contributed by atoms with Gasteiger partial charge in [-0.1, -0.05) is 30.7 Å². The first-order chi connectivity index (χ1) is 16.9. The SMILES string of the molecule is CCCNC(=O)c1cccc(Nc2c(Oc3ccc(C)cc3)cnn(-c3ccc(F)cc3)c2=O)c1. The standard InChI is InChI=1S/C27H25FN4O3/c1-3-15-29-26(33)19-5-4-6-21(16-19)31-25-24(35-23-13-7-18(2)8-14-23)17-30-32(27(25)34)22-11-9-20(28)10-12-22/h4-14,16-17,31H,3,15H2,1-2H3,(H,29,33). The molecular formula is C27H25FN4O3. The average molecular weight is 473 g/mol. The highest BCUT2D eigenvalue weighted by atomic mass is 19.1. The Bertz CT molecular complexity index is 1380. The summed E-state index contributed by atoms with van der Waals surface area (Å²) >= 11 is 0. The summed E-state index contributed by atoms with van der Waals surface area (Å²) in [4.78, 5) is 25.9. The molecule has 4 rings (SSSR count). The van der Waals surface area contributed by atoms with Crippen molar-refractivity contribution in [2.24, 2.45) is 0 Å². The molecule has 0 spiro atoms. The first kappa shape index (κ1) is 23.7. The number of anilines is 2. The molecule has 178 valence electrons. The number of carbonyl (C=O) groups excluding carboxylic acids is 1. The number of carbonyl (C=O) groups is 1. The smallest absolute Gasteiger partial charge is 0.299 e. The fourth-order valence-electron chi connectivity index (χ4n) is 3.35. The highest BCUT2D eigenvalue weighted by Crippen LogP contribution is 2.29. The summed E-state index contributed by atoms with van der Waals surface area (Å²) in [7, 11) is 0. The van der Waals surface area contributed by atoms with Crippen LogP contribution >= 0.6 is 0 Å². The van der Waals surface area contributed by atoms with Gasteiger partial charge in [0, 0.05) is 17.8 Å². The maximum atomic E-state index is 13.5. The van der Waals surface area contributed by atoms with Gasteiger partial charge in [-0.15, -0.1) is 0 Å². The maximum Gasteiger partial charge on any atom is 0.299 e. The predicted molar refractivity (Wildman–Crippen MR) is 133 cm³/mol. The van der Waals surface area contributed by atoms with Crippen LogP contribution in [-0.4, -0.2) is 22.2 Å². The van der Waals surface area contributed by atoms with Gasteiger partial charge in [-0.2, -0.15) is 9.78 Å². The van der Waals surface area contributed by atoms with Gasteiger partial charge in [0.05, 0.1) is 11.9 Å². The van der Waals surface area contributed by atoms with Crippen molar-refractivity contribution in [2.45, 2.75) is 20.3 Å². The van der Waals surface area contributed by atoms with Gasteiger partial charge in [0.25, 0.3) is 11.5 Å². The maximum absolute atomic E-state index is 13.5. The lowest BCUT2D eigenvalue weighted by atomic mass is 10.2. The zero-order valence-corrected chi connectivity index (χ0v) is 19.4. The van der Waals surface area contributed by atoms with Gasteiger partial charge in [0.2, 0.25) is 0 Å². The lowest BCUT2D eigenvalue weighted by molar-refractivity contribution is 0.0953. The molecule has 0 saturated carbocycles. The Hall–Kier alpha value is -4.46. The van der Waals surface area contributed by atoms with Gasteiger partial charge in [-0.05, 0) is 67.9 Å². The van der Waals surface area contributed by atoms with Crippen LogP contribution in [0.5, 0.6) is 11.5 Å². The Balaban J connectivity index is 1.74. The number of nitrogens with one attached hydrogen (secondary N) is 2. The summed E-state index contributed by atoms with van der Waals surface area (Å²) in [6.07, 6.45) is 2.24. The molecule has 0 radical (unpaired) electrons. The Kier molecular flexibility index (Phi) is 7.21. The van der Waals surface area contributed by atoms with Crippen LogP contribution in [0.2, 0.25) is 0 Å². The summed E-state index contributed by atoms with van der Waals surface area (Å²) in [5, 5.41) is 10.2. The van der Waals surface area contributed by atoms with Crippen molar-refractivity contribution >= 4 is 17.3 Å². The molecule has 0 aliphatic carbocycles. The predicted octanol–water partition coefficient (Wildman–Crippen LogP) is 5.36. The average Bonchev–Trinajstić information content (AvgIpc) is 2.87. The van der Waals surface area contributed by atoms with Crippen molar-refractivity contribution in [3.63, 3.8) is 0 Å². The third-order valence-electron chi connectivity index (χ3n) is 5.19. The molecule has 0 fully saturated rings. The van der Waals surface area contributed by atoms with Crippen LogP contribution < -0.4 is 20.9 Å². The van der Waals surface area contributed by atoms with Gasteiger partial charge < -0.3 is 15.4 Å². The van der Waals surface area contributed by atoms with E-state index in [2.05, 4.69) is 15.7 Å². The van der Waals surface area contributed by atoms with Crippen LogP contribution in [0.4, 0.5) is 15.8 Å². The van der Waals surface area contributed by atoms with Crippen molar-refractivity contribution in [3.8, 4) is 17.2 Å². The van der Waals surface area contributed by atoms with E-state index < -0.39 is 11.4 Å². The first-order valence-electron chi connectivity index (χ1n) is 11.2. The minimum absolute atomic E-state index is 0.121. The van der Waals surface area contributed by atoms with Crippen molar-refractivity contribution in [1.82, 2.24) is 15.1 Å². The van der Waals surface area contributed by atoms with Crippen molar-refractivity contribution in [2.75, 3.05) is 11.9 Å². The number of rotatable bonds is 8. The summed E-state index contributed by atoms with van der Waals surface area (Å²) in [5.41, 5.74) is 2.07. The van der Waals surface area contributed by atoms with Crippen LogP contribution in [0.1, 0.15) is 29.3 Å². The second-order valence-corrected chi connectivity index (χ2v) is 7.95. The molecule has 0 saturated heterocycles. The minimum atomic E-state index is -0.498. The third-order valence-corrected chi connectivity index (χ3v) is 5.19. The van der Waals surface area contributed by atoms with Gasteiger partial charge in [0.1, 0.15) is 11.6 Å². The molecule has 7 nitrogen and oxygen atoms in total. The van der Waals surface area contributed by atoms with Crippen LogP contribution in [0.3, 0.4) is 0 Å². The Morgan fingerprint density at radius 2 is 1.80 bits per heavy atom. The minimum Gasteiger partial charge on any atom is -0.453 e. The summed E-state index contributed by atoms with van der Waals surface area (Å²) in [6, 6.07) is 19.6. The van der Waals surface area contributed by atoms with Gasteiger partial charge in [-0.25, -0.2) is 4.39 Å². The third kappa shape index (κ3) is 5.73. The van der Waals surface area contributed by atoms with Crippen LogP contribution in [0, 0.1) is 12.7 Å². The first-order valence-corrected chi connectivity index (χ1v) is 11.2. The van der Waals surface area contributed by atoms with Gasteiger partial charge in [-0.3, -0.25) is 9.59 Å². The summed E-state index contributed by atoms with van der Waals surface area (Å²) in [6.45, 7) is 4.51. The second-order valence-electron chi connectivity index (χ2n) is 7.95. The molecule has 8 heteroatoms. The number of benzene rings is 3. The van der Waals surface area contributed by atoms with Crippen LogP contribution in [-0.2, 0) is 0 Å². The number of ether oxygens (including phenoxy) is 1. The van der Waals surface area contributed by atoms with E-state index in [1.807, 2.05) is 26.0 Å². The number of hydrogen-bond donors (Lipinski definition) is 2. The normalized spacial score (nSPS) is 10.6. The summed E-state index contributed by atoms with van der Waals surface area (Å²) < 4.78 is 20.5. The second kappa shape index (κ2) is 10.6. The molecule has 0 atom stereocenters. The van der Waals surface area contributed by atoms with E-state index in [9.17, 15) is 14.0 Å². The molecule has 3 aromatic carbocycles. The monoisotopic (exact) mass is 472 g/mol. The molecule has 4 aromatic rings. The van der Waals surface area contributed by atoms with E-state index in [4.69, 9.17) is 4.74 Å². The lowest BCUT2D eigenvalue weighted by Gasteiger charge is -2.15. The fraction of sp³-hybridized carbons (Fsp3) is 0.148. The van der Waals surface area contributed by atoms with E-state index in [0.29, 0.717) is 29.2 Å². The van der Waals surface area contributed by atoms with E-state index in [1.54, 1.807) is 36.4 Å². The van der Waals surface area contributed by atoms with Crippen molar-refractivity contribution < 1.29 is 13.9 Å².